The quantitative estimate of drug-likeness (QED) is 0.712. The summed E-state index contributed by atoms with van der Waals surface area (Å²) in [4.78, 5) is 0. The van der Waals surface area contributed by atoms with Crippen molar-refractivity contribution < 1.29 is 13.8 Å². The fourth-order valence-electron chi connectivity index (χ4n) is 1.83. The first-order chi connectivity index (χ1) is 10.3. The van der Waals surface area contributed by atoms with Crippen LogP contribution in [0.25, 0.3) is 0 Å². The van der Waals surface area contributed by atoms with E-state index < -0.39 is 7.52 Å². The summed E-state index contributed by atoms with van der Waals surface area (Å²) in [6.07, 6.45) is 0.115. The number of hydrogen-bond acceptors (Lipinski definition) is 3. The molecule has 0 spiro atoms. The Hall–Kier alpha value is -1.64. The van der Waals surface area contributed by atoms with E-state index in [2.05, 4.69) is 5.09 Å². The van der Waals surface area contributed by atoms with Gasteiger partial charge in [-0.2, -0.15) is 0 Å². The Labute approximate surface area is 135 Å². The maximum atomic E-state index is 12.5. The third kappa shape index (κ3) is 5.28. The second-order valence-corrected chi connectivity index (χ2v) is 7.73. The number of rotatable bonds is 6. The SMILES string of the molecule is CC(C)Oc1ccc(NP(C)(=O)Oc2ccc(Cl)cc2)cc1. The van der Waals surface area contributed by atoms with Crippen LogP contribution in [0.1, 0.15) is 13.8 Å². The highest BCUT2D eigenvalue weighted by Crippen LogP contribution is 2.43. The smallest absolute Gasteiger partial charge is 0.338 e. The van der Waals surface area contributed by atoms with Gasteiger partial charge in [0.1, 0.15) is 11.5 Å². The lowest BCUT2D eigenvalue weighted by molar-refractivity contribution is 0.242. The van der Waals surface area contributed by atoms with Crippen molar-refractivity contribution in [1.82, 2.24) is 0 Å². The molecule has 1 atom stereocenters. The molecule has 0 saturated heterocycles. The minimum atomic E-state index is -3.03. The van der Waals surface area contributed by atoms with E-state index in [9.17, 15) is 4.57 Å². The number of benzene rings is 2. The zero-order chi connectivity index (χ0) is 16.2. The standard InChI is InChI=1S/C16H19ClNO3P/c1-12(2)20-15-10-6-14(7-11-15)18-22(3,19)21-16-8-4-13(17)5-9-16/h4-12H,1-3H3,(H,18,19). The van der Waals surface area contributed by atoms with Crippen LogP contribution < -0.4 is 14.3 Å². The lowest BCUT2D eigenvalue weighted by Crippen LogP contribution is -2.05. The molecule has 0 aromatic heterocycles. The molecular formula is C16H19ClNO3P. The fraction of sp³-hybridized carbons (Fsp3) is 0.250. The molecule has 2 aromatic carbocycles. The van der Waals surface area contributed by atoms with Crippen LogP contribution in [0.2, 0.25) is 5.02 Å². The van der Waals surface area contributed by atoms with Gasteiger partial charge in [-0.05, 0) is 62.4 Å². The van der Waals surface area contributed by atoms with Crippen molar-refractivity contribution in [2.45, 2.75) is 20.0 Å². The summed E-state index contributed by atoms with van der Waals surface area (Å²) in [5, 5.41) is 3.51. The third-order valence-corrected chi connectivity index (χ3v) is 4.13. The predicted octanol–water partition coefficient (Wildman–Crippen LogP) is 5.44. The first-order valence-electron chi connectivity index (χ1n) is 6.92. The van der Waals surface area contributed by atoms with E-state index in [1.54, 1.807) is 36.4 Å². The Kier molecular flexibility index (Phi) is 5.38. The molecule has 0 fully saturated rings. The molecule has 0 aliphatic carbocycles. The molecule has 0 saturated carbocycles. The van der Waals surface area contributed by atoms with Crippen LogP contribution >= 0.6 is 19.1 Å². The van der Waals surface area contributed by atoms with E-state index in [1.807, 2.05) is 26.0 Å². The van der Waals surface area contributed by atoms with Crippen molar-refractivity contribution in [3.8, 4) is 11.5 Å². The predicted molar refractivity (Wildman–Crippen MR) is 91.4 cm³/mol. The second kappa shape index (κ2) is 7.08. The zero-order valence-corrected chi connectivity index (χ0v) is 14.4. The van der Waals surface area contributed by atoms with Crippen molar-refractivity contribution in [3.05, 3.63) is 53.6 Å². The molecule has 2 aromatic rings. The summed E-state index contributed by atoms with van der Waals surface area (Å²) in [6.45, 7) is 5.46. The normalized spacial score (nSPS) is 13.5. The van der Waals surface area contributed by atoms with Crippen molar-refractivity contribution in [2.75, 3.05) is 11.8 Å². The minimum Gasteiger partial charge on any atom is -0.491 e. The summed E-state index contributed by atoms with van der Waals surface area (Å²) in [5.41, 5.74) is 0.705. The van der Waals surface area contributed by atoms with Crippen LogP contribution in [-0.4, -0.2) is 12.8 Å². The van der Waals surface area contributed by atoms with Gasteiger partial charge in [-0.3, -0.25) is 4.57 Å². The van der Waals surface area contributed by atoms with Gasteiger partial charge in [0, 0.05) is 17.4 Å². The van der Waals surface area contributed by atoms with Crippen molar-refractivity contribution in [1.29, 1.82) is 0 Å². The Morgan fingerprint density at radius 2 is 1.55 bits per heavy atom. The summed E-state index contributed by atoms with van der Waals surface area (Å²) in [6, 6.07) is 14.0. The van der Waals surface area contributed by atoms with Gasteiger partial charge < -0.3 is 14.3 Å². The molecule has 0 radical (unpaired) electrons. The molecule has 0 heterocycles. The summed E-state index contributed by atoms with van der Waals surface area (Å²) in [7, 11) is -3.03. The number of halogens is 1. The highest BCUT2D eigenvalue weighted by atomic mass is 35.5. The lowest BCUT2D eigenvalue weighted by atomic mass is 10.3. The number of anilines is 1. The van der Waals surface area contributed by atoms with Gasteiger partial charge in [0.25, 0.3) is 0 Å². The molecule has 118 valence electrons. The molecule has 0 aliphatic heterocycles. The average Bonchev–Trinajstić information content (AvgIpc) is 2.42. The maximum absolute atomic E-state index is 12.5. The molecule has 0 amide bonds. The largest absolute Gasteiger partial charge is 0.491 e. The summed E-state index contributed by atoms with van der Waals surface area (Å²) in [5.74, 6) is 1.27. The Balaban J connectivity index is 2.01. The molecule has 2 rings (SSSR count). The number of hydrogen-bond donors (Lipinski definition) is 1. The Morgan fingerprint density at radius 3 is 2.09 bits per heavy atom. The minimum absolute atomic E-state index is 0.115. The topological polar surface area (TPSA) is 47.6 Å². The highest BCUT2D eigenvalue weighted by molar-refractivity contribution is 7.60. The van der Waals surface area contributed by atoms with Crippen LogP contribution in [0.3, 0.4) is 0 Å². The molecule has 4 nitrogen and oxygen atoms in total. The lowest BCUT2D eigenvalue weighted by Gasteiger charge is -2.18. The summed E-state index contributed by atoms with van der Waals surface area (Å²) < 4.78 is 23.6. The zero-order valence-electron chi connectivity index (χ0n) is 12.7. The first-order valence-corrected chi connectivity index (χ1v) is 9.37. The average molecular weight is 340 g/mol. The van der Waals surface area contributed by atoms with Crippen LogP contribution in [0.4, 0.5) is 5.69 Å². The van der Waals surface area contributed by atoms with Gasteiger partial charge in [0.15, 0.2) is 0 Å². The molecule has 1 N–H and O–H groups in total. The van der Waals surface area contributed by atoms with Gasteiger partial charge in [0.05, 0.1) is 6.10 Å². The number of nitrogens with one attached hydrogen (secondary N) is 1. The molecular weight excluding hydrogens is 321 g/mol. The van der Waals surface area contributed by atoms with Crippen molar-refractivity contribution >= 4 is 24.8 Å². The van der Waals surface area contributed by atoms with Crippen LogP contribution in [-0.2, 0) is 4.57 Å². The molecule has 6 heteroatoms. The van der Waals surface area contributed by atoms with E-state index in [-0.39, 0.29) is 6.10 Å². The summed E-state index contributed by atoms with van der Waals surface area (Å²) >= 11 is 5.81. The van der Waals surface area contributed by atoms with Crippen LogP contribution in [0.5, 0.6) is 11.5 Å². The Morgan fingerprint density at radius 1 is 1.00 bits per heavy atom. The van der Waals surface area contributed by atoms with E-state index in [4.69, 9.17) is 20.9 Å². The second-order valence-electron chi connectivity index (χ2n) is 5.19. The van der Waals surface area contributed by atoms with Gasteiger partial charge in [-0.15, -0.1) is 0 Å². The van der Waals surface area contributed by atoms with E-state index in [0.717, 1.165) is 5.75 Å². The van der Waals surface area contributed by atoms with E-state index >= 15 is 0 Å². The molecule has 1 unspecified atom stereocenters. The van der Waals surface area contributed by atoms with Gasteiger partial charge in [0.2, 0.25) is 0 Å². The Bertz CT molecular complexity index is 656. The van der Waals surface area contributed by atoms with Gasteiger partial charge >= 0.3 is 7.52 Å². The van der Waals surface area contributed by atoms with E-state index in [0.29, 0.717) is 16.5 Å². The third-order valence-electron chi connectivity index (χ3n) is 2.65. The van der Waals surface area contributed by atoms with Crippen molar-refractivity contribution in [2.24, 2.45) is 0 Å². The van der Waals surface area contributed by atoms with Gasteiger partial charge in [-0.1, -0.05) is 11.6 Å². The fourth-order valence-corrected chi connectivity index (χ4v) is 3.15. The van der Waals surface area contributed by atoms with Crippen molar-refractivity contribution in [3.63, 3.8) is 0 Å². The monoisotopic (exact) mass is 339 g/mol. The molecule has 0 bridgehead atoms. The van der Waals surface area contributed by atoms with Crippen LogP contribution in [0.15, 0.2) is 48.5 Å². The van der Waals surface area contributed by atoms with Crippen LogP contribution in [0, 0.1) is 0 Å². The number of ether oxygens (including phenoxy) is 1. The maximum Gasteiger partial charge on any atom is 0.338 e. The highest BCUT2D eigenvalue weighted by Gasteiger charge is 2.17. The first kappa shape index (κ1) is 16.7. The molecule has 22 heavy (non-hydrogen) atoms. The van der Waals surface area contributed by atoms with E-state index in [1.165, 1.54) is 6.66 Å². The molecule has 0 aliphatic rings. The van der Waals surface area contributed by atoms with Gasteiger partial charge in [-0.25, -0.2) is 0 Å².